The predicted molar refractivity (Wildman–Crippen MR) is 107 cm³/mol. The summed E-state index contributed by atoms with van der Waals surface area (Å²) in [5, 5.41) is 3.45. The standard InChI is InChI=1S/C17H29N5O.HI/c1-3-19-17(20-11-15-5-4-10-23-15)21-8-6-14(2)16(12-21)22-9-7-18-13-22;/h7,9,13-16H,3-6,8,10-12H2,1-2H3,(H,19,20);1H. The van der Waals surface area contributed by atoms with Gasteiger partial charge in [-0.3, -0.25) is 4.99 Å². The molecule has 0 saturated carbocycles. The van der Waals surface area contributed by atoms with Gasteiger partial charge in [0.2, 0.25) is 0 Å². The fourth-order valence-electron chi connectivity index (χ4n) is 3.50. The first kappa shape index (κ1) is 19.5. The topological polar surface area (TPSA) is 54.7 Å². The Labute approximate surface area is 162 Å². The number of hydrogen-bond acceptors (Lipinski definition) is 3. The Kier molecular flexibility index (Phi) is 7.80. The lowest BCUT2D eigenvalue weighted by molar-refractivity contribution is 0.117. The van der Waals surface area contributed by atoms with Crippen LogP contribution < -0.4 is 5.32 Å². The third-order valence-corrected chi connectivity index (χ3v) is 4.93. The third-order valence-electron chi connectivity index (χ3n) is 4.93. The van der Waals surface area contributed by atoms with Crippen molar-refractivity contribution in [3.05, 3.63) is 18.7 Å². The monoisotopic (exact) mass is 447 g/mol. The minimum atomic E-state index is 0. The number of likely N-dealkylation sites (tertiary alicyclic amines) is 1. The van der Waals surface area contributed by atoms with Crippen molar-refractivity contribution in [1.29, 1.82) is 0 Å². The molecule has 0 aliphatic carbocycles. The van der Waals surface area contributed by atoms with E-state index in [1.54, 1.807) is 0 Å². The average molecular weight is 447 g/mol. The van der Waals surface area contributed by atoms with Gasteiger partial charge in [-0.25, -0.2) is 4.98 Å². The molecule has 0 spiro atoms. The second kappa shape index (κ2) is 9.60. The number of guanidine groups is 1. The SMILES string of the molecule is CCNC(=NCC1CCCO1)N1CCC(C)C(n2ccnc2)C1.I. The van der Waals surface area contributed by atoms with Crippen molar-refractivity contribution in [3.8, 4) is 0 Å². The number of hydrogen-bond donors (Lipinski definition) is 1. The molecule has 1 aromatic rings. The van der Waals surface area contributed by atoms with Crippen LogP contribution in [0.4, 0.5) is 0 Å². The van der Waals surface area contributed by atoms with Gasteiger partial charge in [-0.1, -0.05) is 6.92 Å². The second-order valence-electron chi connectivity index (χ2n) is 6.62. The molecule has 0 radical (unpaired) electrons. The summed E-state index contributed by atoms with van der Waals surface area (Å²) in [5.41, 5.74) is 0. The number of aliphatic imine (C=N–C) groups is 1. The maximum atomic E-state index is 5.70. The van der Waals surface area contributed by atoms with Crippen LogP contribution in [-0.4, -0.2) is 59.3 Å². The highest BCUT2D eigenvalue weighted by Gasteiger charge is 2.29. The van der Waals surface area contributed by atoms with Crippen molar-refractivity contribution in [3.63, 3.8) is 0 Å². The second-order valence-corrected chi connectivity index (χ2v) is 6.62. The zero-order valence-corrected chi connectivity index (χ0v) is 17.1. The van der Waals surface area contributed by atoms with Crippen LogP contribution in [0, 0.1) is 5.92 Å². The number of imidazole rings is 1. The van der Waals surface area contributed by atoms with Crippen LogP contribution in [0.5, 0.6) is 0 Å². The normalized spacial score (nSPS) is 27.8. The van der Waals surface area contributed by atoms with Crippen LogP contribution in [0.2, 0.25) is 0 Å². The first-order valence-electron chi connectivity index (χ1n) is 8.90. The Bertz CT molecular complexity index is 501. The van der Waals surface area contributed by atoms with Gasteiger partial charge in [0.05, 0.1) is 25.0 Å². The van der Waals surface area contributed by atoms with Crippen LogP contribution in [0.1, 0.15) is 39.2 Å². The van der Waals surface area contributed by atoms with Gasteiger partial charge in [-0.15, -0.1) is 24.0 Å². The number of ether oxygens (including phenoxy) is 1. The van der Waals surface area contributed by atoms with Gasteiger partial charge in [0.1, 0.15) is 0 Å². The Hall–Kier alpha value is -0.830. The summed E-state index contributed by atoms with van der Waals surface area (Å²) in [4.78, 5) is 11.4. The average Bonchev–Trinajstić information content (AvgIpc) is 3.25. The number of halogens is 1. The molecule has 136 valence electrons. The summed E-state index contributed by atoms with van der Waals surface area (Å²) >= 11 is 0. The van der Waals surface area contributed by atoms with Crippen LogP contribution in [0.25, 0.3) is 0 Å². The molecule has 7 heteroatoms. The number of nitrogens with one attached hydrogen (secondary N) is 1. The Morgan fingerprint density at radius 3 is 2.96 bits per heavy atom. The Balaban J connectivity index is 0.00000208. The van der Waals surface area contributed by atoms with E-state index >= 15 is 0 Å². The quantitative estimate of drug-likeness (QED) is 0.438. The molecule has 2 saturated heterocycles. The van der Waals surface area contributed by atoms with Gasteiger partial charge in [0, 0.05) is 38.6 Å². The van der Waals surface area contributed by atoms with Crippen molar-refractivity contribution in [1.82, 2.24) is 19.8 Å². The minimum absolute atomic E-state index is 0. The lowest BCUT2D eigenvalue weighted by atomic mass is 9.93. The fraction of sp³-hybridized carbons (Fsp3) is 0.765. The summed E-state index contributed by atoms with van der Waals surface area (Å²) in [6.45, 7) is 9.05. The maximum Gasteiger partial charge on any atom is 0.194 e. The largest absolute Gasteiger partial charge is 0.376 e. The molecule has 3 atom stereocenters. The number of aromatic nitrogens is 2. The molecule has 2 fully saturated rings. The van der Waals surface area contributed by atoms with Crippen molar-refractivity contribution in [2.45, 2.75) is 45.3 Å². The van der Waals surface area contributed by atoms with E-state index in [4.69, 9.17) is 9.73 Å². The van der Waals surface area contributed by atoms with Crippen LogP contribution in [0.3, 0.4) is 0 Å². The molecule has 1 N–H and O–H groups in total. The van der Waals surface area contributed by atoms with Gasteiger partial charge in [-0.2, -0.15) is 0 Å². The summed E-state index contributed by atoms with van der Waals surface area (Å²) in [6, 6.07) is 0.456. The highest BCUT2D eigenvalue weighted by Crippen LogP contribution is 2.27. The van der Waals surface area contributed by atoms with E-state index in [2.05, 4.69) is 39.8 Å². The van der Waals surface area contributed by atoms with Crippen molar-refractivity contribution >= 4 is 29.9 Å². The minimum Gasteiger partial charge on any atom is -0.376 e. The summed E-state index contributed by atoms with van der Waals surface area (Å²) in [5.74, 6) is 1.68. The predicted octanol–water partition coefficient (Wildman–Crippen LogP) is 2.53. The van der Waals surface area contributed by atoms with Gasteiger partial charge in [-0.05, 0) is 32.1 Å². The van der Waals surface area contributed by atoms with Crippen LogP contribution >= 0.6 is 24.0 Å². The molecule has 1 aromatic heterocycles. The molecule has 6 nitrogen and oxygen atoms in total. The molecule has 2 aliphatic heterocycles. The van der Waals surface area contributed by atoms with E-state index in [1.165, 1.54) is 12.8 Å². The van der Waals surface area contributed by atoms with Crippen molar-refractivity contribution in [2.24, 2.45) is 10.9 Å². The number of piperidine rings is 1. The van der Waals surface area contributed by atoms with Crippen LogP contribution in [-0.2, 0) is 4.74 Å². The van der Waals surface area contributed by atoms with Gasteiger partial charge >= 0.3 is 0 Å². The summed E-state index contributed by atoms with van der Waals surface area (Å²) in [7, 11) is 0. The number of nitrogens with zero attached hydrogens (tertiary/aromatic N) is 4. The maximum absolute atomic E-state index is 5.70. The zero-order chi connectivity index (χ0) is 16.1. The molecular formula is C17H30IN5O. The van der Waals surface area contributed by atoms with Crippen LogP contribution in [0.15, 0.2) is 23.7 Å². The summed E-state index contributed by atoms with van der Waals surface area (Å²) in [6.07, 6.45) is 9.65. The van der Waals surface area contributed by atoms with E-state index in [0.717, 1.165) is 45.2 Å². The van der Waals surface area contributed by atoms with Gasteiger partial charge in [0.25, 0.3) is 0 Å². The molecule has 0 amide bonds. The molecule has 0 bridgehead atoms. The van der Waals surface area contributed by atoms with E-state index in [-0.39, 0.29) is 24.0 Å². The zero-order valence-electron chi connectivity index (χ0n) is 14.7. The van der Waals surface area contributed by atoms with E-state index < -0.39 is 0 Å². The molecule has 3 unspecified atom stereocenters. The first-order valence-corrected chi connectivity index (χ1v) is 8.90. The smallest absolute Gasteiger partial charge is 0.194 e. The van der Waals surface area contributed by atoms with Gasteiger partial charge < -0.3 is 19.5 Å². The molecule has 2 aliphatic rings. The molecule has 3 rings (SSSR count). The molecule has 0 aromatic carbocycles. The fourth-order valence-corrected chi connectivity index (χ4v) is 3.50. The van der Waals surface area contributed by atoms with E-state index in [9.17, 15) is 0 Å². The lowest BCUT2D eigenvalue weighted by Crippen LogP contribution is -2.49. The third kappa shape index (κ3) is 4.84. The summed E-state index contributed by atoms with van der Waals surface area (Å²) < 4.78 is 7.94. The molecule has 24 heavy (non-hydrogen) atoms. The molecule has 3 heterocycles. The Morgan fingerprint density at radius 2 is 2.29 bits per heavy atom. The van der Waals surface area contributed by atoms with Crippen molar-refractivity contribution < 1.29 is 4.74 Å². The van der Waals surface area contributed by atoms with Gasteiger partial charge in [0.15, 0.2) is 5.96 Å². The highest BCUT2D eigenvalue weighted by atomic mass is 127. The molecular weight excluding hydrogens is 417 g/mol. The van der Waals surface area contributed by atoms with Crippen molar-refractivity contribution in [2.75, 3.05) is 32.8 Å². The first-order chi connectivity index (χ1) is 11.3. The highest BCUT2D eigenvalue weighted by molar-refractivity contribution is 14.0. The lowest BCUT2D eigenvalue weighted by Gasteiger charge is -2.39. The van der Waals surface area contributed by atoms with E-state index in [1.807, 2.05) is 12.5 Å². The number of rotatable bonds is 4. The Morgan fingerprint density at radius 1 is 1.42 bits per heavy atom. The van der Waals surface area contributed by atoms with E-state index in [0.29, 0.717) is 18.1 Å².